The molecule has 1 N–H and O–H groups in total. The van der Waals surface area contributed by atoms with Crippen LogP contribution in [0.25, 0.3) is 0 Å². The Morgan fingerprint density at radius 2 is 2.06 bits per heavy atom. The number of amides is 1. The Kier molecular flexibility index (Phi) is 3.44. The van der Waals surface area contributed by atoms with E-state index in [0.717, 1.165) is 11.1 Å². The summed E-state index contributed by atoms with van der Waals surface area (Å²) in [6.45, 7) is 1.78. The topological polar surface area (TPSA) is 66.0 Å². The quantitative estimate of drug-likeness (QED) is 0.896. The van der Waals surface area contributed by atoms with Crippen molar-refractivity contribution >= 4 is 5.91 Å². The van der Waals surface area contributed by atoms with E-state index in [0.29, 0.717) is 0 Å². The zero-order valence-corrected chi connectivity index (χ0v) is 9.88. The van der Waals surface area contributed by atoms with E-state index < -0.39 is 6.04 Å². The maximum absolute atomic E-state index is 11.9. The number of benzene rings is 1. The van der Waals surface area contributed by atoms with Crippen molar-refractivity contribution in [2.75, 3.05) is 0 Å². The third kappa shape index (κ3) is 2.41. The second-order valence-electron chi connectivity index (χ2n) is 3.88. The second kappa shape index (κ2) is 5.19. The normalized spacial score (nSPS) is 11.6. The van der Waals surface area contributed by atoms with Crippen molar-refractivity contribution in [3.63, 3.8) is 0 Å². The molecule has 1 aromatic heterocycles. The van der Waals surface area contributed by atoms with Gasteiger partial charge >= 0.3 is 0 Å². The van der Waals surface area contributed by atoms with Gasteiger partial charge in [-0.3, -0.25) is 4.79 Å². The molecule has 2 rings (SSSR count). The first-order chi connectivity index (χ1) is 8.72. The van der Waals surface area contributed by atoms with E-state index in [-0.39, 0.29) is 11.7 Å². The Hall–Kier alpha value is -2.54. The monoisotopic (exact) mass is 240 g/mol. The van der Waals surface area contributed by atoms with Crippen molar-refractivity contribution < 1.29 is 9.21 Å². The second-order valence-corrected chi connectivity index (χ2v) is 3.88. The predicted octanol–water partition coefficient (Wildman–Crippen LogP) is 2.58. The van der Waals surface area contributed by atoms with Crippen molar-refractivity contribution in [1.82, 2.24) is 5.32 Å². The van der Waals surface area contributed by atoms with Crippen LogP contribution in [0, 0.1) is 18.3 Å². The fourth-order valence-corrected chi connectivity index (χ4v) is 1.64. The Balaban J connectivity index is 2.16. The number of hydrogen-bond donors (Lipinski definition) is 1. The van der Waals surface area contributed by atoms with Crippen LogP contribution in [0.15, 0.2) is 47.1 Å². The molecule has 0 fully saturated rings. The Morgan fingerprint density at radius 1 is 1.33 bits per heavy atom. The molecular formula is C14H12N2O2. The summed E-state index contributed by atoms with van der Waals surface area (Å²) in [5, 5.41) is 11.7. The van der Waals surface area contributed by atoms with Gasteiger partial charge in [0.2, 0.25) is 0 Å². The Bertz CT molecular complexity index is 581. The molecule has 0 radical (unpaired) electrons. The highest BCUT2D eigenvalue weighted by molar-refractivity contribution is 5.93. The van der Waals surface area contributed by atoms with E-state index in [1.54, 1.807) is 25.1 Å². The van der Waals surface area contributed by atoms with Gasteiger partial charge in [-0.25, -0.2) is 0 Å². The number of nitrogens with zero attached hydrogens (tertiary/aromatic N) is 1. The molecule has 1 atom stereocenters. The van der Waals surface area contributed by atoms with E-state index in [2.05, 4.69) is 11.4 Å². The zero-order valence-electron chi connectivity index (χ0n) is 9.88. The smallest absolute Gasteiger partial charge is 0.288 e. The van der Waals surface area contributed by atoms with Crippen molar-refractivity contribution in [3.8, 4) is 6.07 Å². The van der Waals surface area contributed by atoms with Gasteiger partial charge in [-0.1, -0.05) is 30.3 Å². The van der Waals surface area contributed by atoms with Gasteiger partial charge in [-0.15, -0.1) is 0 Å². The summed E-state index contributed by atoms with van der Waals surface area (Å²) >= 11 is 0. The molecule has 90 valence electrons. The zero-order chi connectivity index (χ0) is 13.0. The maximum atomic E-state index is 11.9. The number of nitrogens with one attached hydrogen (secondary N) is 1. The molecule has 0 saturated carbocycles. The third-order valence-electron chi connectivity index (χ3n) is 2.61. The lowest BCUT2D eigenvalue weighted by Gasteiger charge is -2.10. The lowest BCUT2D eigenvalue weighted by molar-refractivity contribution is 0.0916. The Labute approximate surface area is 105 Å². The van der Waals surface area contributed by atoms with Crippen LogP contribution in [0.4, 0.5) is 0 Å². The standard InChI is InChI=1S/C14H12N2O2/c1-10-7-8-18-13(10)14(17)16-12(9-15)11-5-3-2-4-6-11/h2-8,12H,1H3,(H,16,17). The van der Waals surface area contributed by atoms with Crippen LogP contribution in [-0.2, 0) is 0 Å². The van der Waals surface area contributed by atoms with Crippen LogP contribution in [0.5, 0.6) is 0 Å². The van der Waals surface area contributed by atoms with E-state index >= 15 is 0 Å². The summed E-state index contributed by atoms with van der Waals surface area (Å²) < 4.78 is 5.09. The highest BCUT2D eigenvalue weighted by atomic mass is 16.3. The molecule has 2 aromatic rings. The minimum absolute atomic E-state index is 0.242. The molecule has 4 nitrogen and oxygen atoms in total. The molecule has 1 unspecified atom stereocenters. The fourth-order valence-electron chi connectivity index (χ4n) is 1.64. The summed E-state index contributed by atoms with van der Waals surface area (Å²) in [4.78, 5) is 11.9. The molecule has 4 heteroatoms. The highest BCUT2D eigenvalue weighted by Gasteiger charge is 2.18. The summed E-state index contributed by atoms with van der Waals surface area (Å²) in [6.07, 6.45) is 1.45. The molecule has 0 saturated heterocycles. The van der Waals surface area contributed by atoms with Crippen molar-refractivity contribution in [1.29, 1.82) is 5.26 Å². The van der Waals surface area contributed by atoms with Gasteiger partial charge in [-0.2, -0.15) is 5.26 Å². The van der Waals surface area contributed by atoms with E-state index in [1.807, 2.05) is 18.2 Å². The number of nitriles is 1. The van der Waals surface area contributed by atoms with Crippen LogP contribution in [0.3, 0.4) is 0 Å². The van der Waals surface area contributed by atoms with Gasteiger partial charge < -0.3 is 9.73 Å². The Morgan fingerprint density at radius 3 is 2.61 bits per heavy atom. The van der Waals surface area contributed by atoms with Crippen molar-refractivity contribution in [2.45, 2.75) is 13.0 Å². The van der Waals surface area contributed by atoms with Crippen LogP contribution in [0.2, 0.25) is 0 Å². The van der Waals surface area contributed by atoms with Crippen molar-refractivity contribution in [2.24, 2.45) is 0 Å². The first-order valence-electron chi connectivity index (χ1n) is 5.52. The average Bonchev–Trinajstić information content (AvgIpc) is 2.83. The van der Waals surface area contributed by atoms with Crippen LogP contribution in [0.1, 0.15) is 27.7 Å². The molecular weight excluding hydrogens is 228 g/mol. The summed E-state index contributed by atoms with van der Waals surface area (Å²) in [6, 6.07) is 12.2. The maximum Gasteiger partial charge on any atom is 0.288 e. The SMILES string of the molecule is Cc1ccoc1C(=O)NC(C#N)c1ccccc1. The van der Waals surface area contributed by atoms with Crippen LogP contribution >= 0.6 is 0 Å². The van der Waals surface area contributed by atoms with E-state index in [9.17, 15) is 4.79 Å². The molecule has 0 aliphatic carbocycles. The van der Waals surface area contributed by atoms with E-state index in [4.69, 9.17) is 9.68 Å². The molecule has 1 amide bonds. The third-order valence-corrected chi connectivity index (χ3v) is 2.61. The summed E-state index contributed by atoms with van der Waals surface area (Å²) in [7, 11) is 0. The van der Waals surface area contributed by atoms with Gasteiger partial charge in [0.15, 0.2) is 5.76 Å². The number of carbonyl (C=O) groups is 1. The highest BCUT2D eigenvalue weighted by Crippen LogP contribution is 2.14. The van der Waals surface area contributed by atoms with E-state index in [1.165, 1.54) is 6.26 Å². The number of rotatable bonds is 3. The van der Waals surface area contributed by atoms with Gasteiger partial charge in [0, 0.05) is 5.56 Å². The molecule has 18 heavy (non-hydrogen) atoms. The van der Waals surface area contributed by atoms with Gasteiger partial charge in [-0.05, 0) is 18.6 Å². The molecule has 0 spiro atoms. The first-order valence-corrected chi connectivity index (χ1v) is 5.52. The number of carbonyl (C=O) groups excluding carboxylic acids is 1. The van der Waals surface area contributed by atoms with Gasteiger partial charge in [0.05, 0.1) is 12.3 Å². The summed E-state index contributed by atoms with van der Waals surface area (Å²) in [5.41, 5.74) is 1.50. The number of furan rings is 1. The molecule has 0 aliphatic rings. The lowest BCUT2D eigenvalue weighted by atomic mass is 10.1. The van der Waals surface area contributed by atoms with Crippen molar-refractivity contribution in [3.05, 3.63) is 59.5 Å². The minimum atomic E-state index is -0.678. The predicted molar refractivity (Wildman–Crippen MR) is 65.7 cm³/mol. The van der Waals surface area contributed by atoms with Gasteiger partial charge in [0.25, 0.3) is 5.91 Å². The minimum Gasteiger partial charge on any atom is -0.459 e. The van der Waals surface area contributed by atoms with Gasteiger partial charge in [0.1, 0.15) is 6.04 Å². The average molecular weight is 240 g/mol. The van der Waals surface area contributed by atoms with Crippen LogP contribution in [-0.4, -0.2) is 5.91 Å². The fraction of sp³-hybridized carbons (Fsp3) is 0.143. The molecule has 1 heterocycles. The number of hydrogen-bond acceptors (Lipinski definition) is 3. The largest absolute Gasteiger partial charge is 0.459 e. The molecule has 1 aromatic carbocycles. The number of aryl methyl sites for hydroxylation is 1. The van der Waals surface area contributed by atoms with Crippen LogP contribution < -0.4 is 5.32 Å². The summed E-state index contributed by atoms with van der Waals surface area (Å²) in [5.74, 6) is -0.140. The molecule has 0 bridgehead atoms. The first kappa shape index (κ1) is 11.9. The lowest BCUT2D eigenvalue weighted by Crippen LogP contribution is -2.27. The molecule has 0 aliphatic heterocycles.